The number of aliphatic carboxylic acids is 1. The Morgan fingerprint density at radius 3 is 2.62 bits per heavy atom. The summed E-state index contributed by atoms with van der Waals surface area (Å²) in [6.45, 7) is 3.37. The summed E-state index contributed by atoms with van der Waals surface area (Å²) in [7, 11) is 0. The maximum Gasteiger partial charge on any atom is 0.341 e. The summed E-state index contributed by atoms with van der Waals surface area (Å²) < 4.78 is 5.16. The molecule has 3 N–H and O–H groups in total. The fraction of sp³-hybridized carbons (Fsp3) is 0.0909. The number of amides is 1. The molecule has 1 aliphatic heterocycles. The van der Waals surface area contributed by atoms with Crippen molar-refractivity contribution in [1.29, 1.82) is 0 Å². The Morgan fingerprint density at radius 2 is 1.97 bits per heavy atom. The van der Waals surface area contributed by atoms with Crippen molar-refractivity contribution in [3.8, 4) is 11.5 Å². The van der Waals surface area contributed by atoms with Crippen LogP contribution in [0.25, 0.3) is 6.08 Å². The number of ether oxygens (including phenoxy) is 1. The number of amidine groups is 1. The predicted octanol–water partition coefficient (Wildman–Crippen LogP) is 3.34. The van der Waals surface area contributed by atoms with Crippen LogP contribution in [0, 0.1) is 0 Å². The lowest BCUT2D eigenvalue weighted by molar-refractivity contribution is -0.139. The van der Waals surface area contributed by atoms with E-state index in [1.807, 2.05) is 0 Å². The fourth-order valence-electron chi connectivity index (χ4n) is 2.75. The van der Waals surface area contributed by atoms with Crippen LogP contribution in [0.4, 0.5) is 5.69 Å². The summed E-state index contributed by atoms with van der Waals surface area (Å²) in [5.74, 6) is -2.75. The first-order valence-electron chi connectivity index (χ1n) is 9.20. The molecule has 10 heteroatoms. The van der Waals surface area contributed by atoms with Crippen molar-refractivity contribution in [1.82, 2.24) is 4.90 Å². The highest BCUT2D eigenvalue weighted by molar-refractivity contribution is 8.18. The van der Waals surface area contributed by atoms with E-state index >= 15 is 0 Å². The number of thioether (sulfide) groups is 1. The number of aromatic carboxylic acids is 1. The zero-order chi connectivity index (χ0) is 23.3. The molecule has 0 spiro atoms. The maximum atomic E-state index is 12.9. The van der Waals surface area contributed by atoms with Crippen molar-refractivity contribution in [2.24, 2.45) is 4.99 Å². The molecule has 3 rings (SSSR count). The topological polar surface area (TPSA) is 137 Å². The minimum Gasteiger partial charge on any atom is -0.507 e. The predicted molar refractivity (Wildman–Crippen MR) is 119 cm³/mol. The number of phenols is 1. The molecule has 0 radical (unpaired) electrons. The van der Waals surface area contributed by atoms with Gasteiger partial charge < -0.3 is 20.1 Å². The monoisotopic (exact) mass is 454 g/mol. The highest BCUT2D eigenvalue weighted by Crippen LogP contribution is 2.35. The minimum absolute atomic E-state index is 0.197. The van der Waals surface area contributed by atoms with Crippen molar-refractivity contribution < 1.29 is 34.4 Å². The van der Waals surface area contributed by atoms with Gasteiger partial charge in [-0.1, -0.05) is 18.2 Å². The number of carboxylic acids is 2. The fourth-order valence-corrected chi connectivity index (χ4v) is 3.76. The van der Waals surface area contributed by atoms with Gasteiger partial charge in [0, 0.05) is 12.6 Å². The average molecular weight is 454 g/mol. The lowest BCUT2D eigenvalue weighted by Gasteiger charge is -2.12. The second-order valence-electron chi connectivity index (χ2n) is 6.47. The SMILES string of the molecule is C=CCN1C(=O)/C(=C/c2cccc(OCC(=O)O)c2)SC1=Nc1ccc(C(=O)O)c(O)c1. The van der Waals surface area contributed by atoms with Gasteiger partial charge >= 0.3 is 11.9 Å². The molecule has 164 valence electrons. The number of benzene rings is 2. The number of hydrogen-bond acceptors (Lipinski definition) is 7. The zero-order valence-electron chi connectivity index (χ0n) is 16.6. The lowest BCUT2D eigenvalue weighted by atomic mass is 10.2. The Hall–Kier alpha value is -4.05. The second-order valence-corrected chi connectivity index (χ2v) is 7.48. The van der Waals surface area contributed by atoms with Crippen LogP contribution >= 0.6 is 11.8 Å². The van der Waals surface area contributed by atoms with Gasteiger partial charge in [0.1, 0.15) is 17.1 Å². The Morgan fingerprint density at radius 1 is 1.19 bits per heavy atom. The Balaban J connectivity index is 1.90. The van der Waals surface area contributed by atoms with Crippen LogP contribution < -0.4 is 4.74 Å². The number of aliphatic imine (C=N–C) groups is 1. The first-order valence-corrected chi connectivity index (χ1v) is 10.0. The van der Waals surface area contributed by atoms with Gasteiger partial charge in [0.25, 0.3) is 5.91 Å². The third kappa shape index (κ3) is 5.35. The molecule has 32 heavy (non-hydrogen) atoms. The van der Waals surface area contributed by atoms with E-state index < -0.39 is 24.3 Å². The van der Waals surface area contributed by atoms with Crippen LogP contribution in [0.1, 0.15) is 15.9 Å². The number of aromatic hydroxyl groups is 1. The molecule has 2 aromatic carbocycles. The summed E-state index contributed by atoms with van der Waals surface area (Å²) in [5, 5.41) is 28.0. The largest absolute Gasteiger partial charge is 0.507 e. The van der Waals surface area contributed by atoms with Gasteiger partial charge in [0.05, 0.1) is 10.6 Å². The highest BCUT2D eigenvalue weighted by Gasteiger charge is 2.32. The number of carbonyl (C=O) groups is 3. The van der Waals surface area contributed by atoms with Crippen molar-refractivity contribution >= 4 is 46.5 Å². The molecular formula is C22H18N2O7S. The van der Waals surface area contributed by atoms with Gasteiger partial charge in [-0.3, -0.25) is 9.69 Å². The van der Waals surface area contributed by atoms with Crippen LogP contribution in [-0.4, -0.2) is 56.4 Å². The molecule has 1 fully saturated rings. The van der Waals surface area contributed by atoms with E-state index in [1.165, 1.54) is 23.1 Å². The zero-order valence-corrected chi connectivity index (χ0v) is 17.4. The van der Waals surface area contributed by atoms with E-state index in [-0.39, 0.29) is 23.7 Å². The molecule has 2 aromatic rings. The summed E-state index contributed by atoms with van der Waals surface area (Å²) in [6.07, 6.45) is 3.17. The van der Waals surface area contributed by atoms with Crippen LogP contribution in [0.2, 0.25) is 0 Å². The molecule has 1 aliphatic rings. The molecule has 0 atom stereocenters. The van der Waals surface area contributed by atoms with Gasteiger partial charge in [0.15, 0.2) is 11.8 Å². The van der Waals surface area contributed by atoms with Crippen LogP contribution in [0.15, 0.2) is 65.0 Å². The first-order chi connectivity index (χ1) is 15.3. The molecule has 1 saturated heterocycles. The van der Waals surface area contributed by atoms with Gasteiger partial charge in [-0.25, -0.2) is 14.6 Å². The van der Waals surface area contributed by atoms with E-state index in [0.717, 1.165) is 11.8 Å². The molecule has 9 nitrogen and oxygen atoms in total. The average Bonchev–Trinajstić information content (AvgIpc) is 3.01. The number of rotatable bonds is 8. The Labute approximate surface area is 187 Å². The van der Waals surface area contributed by atoms with E-state index in [9.17, 15) is 19.5 Å². The standard InChI is InChI=1S/C22H18N2O7S/c1-2-8-24-20(28)18(10-13-4-3-5-15(9-13)31-12-19(26)27)32-22(24)23-14-6-7-16(21(29)30)17(25)11-14/h2-7,9-11,25H,1,8,12H2,(H,26,27)(H,29,30)/b18-10-,23-22?. The molecule has 0 bridgehead atoms. The maximum absolute atomic E-state index is 12.9. The number of carboxylic acid groups (broad SMARTS) is 2. The van der Waals surface area contributed by atoms with Crippen LogP contribution in [0.5, 0.6) is 11.5 Å². The molecule has 1 heterocycles. The van der Waals surface area contributed by atoms with Gasteiger partial charge in [-0.15, -0.1) is 6.58 Å². The summed E-state index contributed by atoms with van der Waals surface area (Å²) in [5.41, 5.74) is 0.659. The van der Waals surface area contributed by atoms with Gasteiger partial charge in [-0.05, 0) is 47.7 Å². The van der Waals surface area contributed by atoms with Gasteiger partial charge in [0.2, 0.25) is 0 Å². The summed E-state index contributed by atoms with van der Waals surface area (Å²) in [6, 6.07) is 10.5. The molecule has 0 saturated carbocycles. The molecule has 1 amide bonds. The number of nitrogens with zero attached hydrogens (tertiary/aromatic N) is 2. The van der Waals surface area contributed by atoms with Crippen LogP contribution in [-0.2, 0) is 9.59 Å². The van der Waals surface area contributed by atoms with Crippen molar-refractivity contribution in [2.45, 2.75) is 0 Å². The summed E-state index contributed by atoms with van der Waals surface area (Å²) in [4.78, 5) is 40.8. The van der Waals surface area contributed by atoms with Crippen molar-refractivity contribution in [3.05, 3.63) is 71.2 Å². The normalized spacial score (nSPS) is 15.9. The Bertz CT molecular complexity index is 1160. The summed E-state index contributed by atoms with van der Waals surface area (Å²) >= 11 is 1.10. The second kappa shape index (κ2) is 9.84. The van der Waals surface area contributed by atoms with Gasteiger partial charge in [-0.2, -0.15) is 0 Å². The highest BCUT2D eigenvalue weighted by atomic mass is 32.2. The molecule has 0 aliphatic carbocycles. The molecule has 0 unspecified atom stereocenters. The van der Waals surface area contributed by atoms with E-state index in [2.05, 4.69) is 11.6 Å². The third-order valence-corrected chi connectivity index (χ3v) is 5.16. The third-order valence-electron chi connectivity index (χ3n) is 4.15. The molecule has 0 aromatic heterocycles. The first kappa shape index (κ1) is 22.6. The van der Waals surface area contributed by atoms with E-state index in [4.69, 9.17) is 14.9 Å². The van der Waals surface area contributed by atoms with Crippen LogP contribution in [0.3, 0.4) is 0 Å². The van der Waals surface area contributed by atoms with Crippen molar-refractivity contribution in [2.75, 3.05) is 13.2 Å². The van der Waals surface area contributed by atoms with Crippen molar-refractivity contribution in [3.63, 3.8) is 0 Å². The molecular weight excluding hydrogens is 436 g/mol. The number of hydrogen-bond donors (Lipinski definition) is 3. The van der Waals surface area contributed by atoms with E-state index in [1.54, 1.807) is 36.4 Å². The van der Waals surface area contributed by atoms with E-state index in [0.29, 0.717) is 21.4 Å². The Kier molecular flexibility index (Phi) is 6.96. The minimum atomic E-state index is -1.26. The quantitative estimate of drug-likeness (QED) is 0.408. The number of carbonyl (C=O) groups excluding carboxylic acids is 1. The lowest BCUT2D eigenvalue weighted by Crippen LogP contribution is -2.29. The smallest absolute Gasteiger partial charge is 0.341 e.